The number of hydrogen-bond acceptors (Lipinski definition) is 4. The van der Waals surface area contributed by atoms with Crippen LogP contribution in [0.3, 0.4) is 0 Å². The normalized spacial score (nSPS) is 13.5. The van der Waals surface area contributed by atoms with Gasteiger partial charge in [-0.2, -0.15) is 0 Å². The Morgan fingerprint density at radius 2 is 1.68 bits per heavy atom. The Morgan fingerprint density at radius 1 is 1.05 bits per heavy atom. The van der Waals surface area contributed by atoms with Gasteiger partial charge in [0.25, 0.3) is 0 Å². The maximum atomic E-state index is 11.4. The molecule has 0 aliphatic rings. The highest BCUT2D eigenvalue weighted by atomic mass is 16.4. The summed E-state index contributed by atoms with van der Waals surface area (Å²) in [7, 11) is 0. The second-order valence-corrected chi connectivity index (χ2v) is 5.25. The second-order valence-electron chi connectivity index (χ2n) is 5.25. The van der Waals surface area contributed by atoms with Gasteiger partial charge in [0.2, 0.25) is 0 Å². The average molecular weight is 276 g/mol. The third kappa shape index (κ3) is 5.89. The standard InChI is InChI=1S/C14H28O5/c1-2-3-4-5-7-12(13(18)19)14(10-16,11-17)8-6-9-15/h12,15-17H,2-11H2,1H3,(H,18,19). The fraction of sp³-hybridized carbons (Fsp3) is 0.929. The van der Waals surface area contributed by atoms with E-state index in [9.17, 15) is 20.1 Å². The van der Waals surface area contributed by atoms with Gasteiger partial charge in [-0.3, -0.25) is 4.79 Å². The van der Waals surface area contributed by atoms with Crippen LogP contribution in [0.5, 0.6) is 0 Å². The molecule has 0 aliphatic carbocycles. The van der Waals surface area contributed by atoms with Gasteiger partial charge < -0.3 is 20.4 Å². The Hall–Kier alpha value is -0.650. The van der Waals surface area contributed by atoms with Gasteiger partial charge in [0, 0.05) is 12.0 Å². The van der Waals surface area contributed by atoms with Crippen LogP contribution < -0.4 is 0 Å². The van der Waals surface area contributed by atoms with E-state index in [1.54, 1.807) is 0 Å². The van der Waals surface area contributed by atoms with Crippen molar-refractivity contribution in [2.75, 3.05) is 19.8 Å². The number of aliphatic hydroxyl groups excluding tert-OH is 3. The van der Waals surface area contributed by atoms with E-state index in [0.717, 1.165) is 25.7 Å². The molecule has 0 aromatic heterocycles. The van der Waals surface area contributed by atoms with Crippen molar-refractivity contribution in [3.8, 4) is 0 Å². The van der Waals surface area contributed by atoms with Gasteiger partial charge in [0.15, 0.2) is 0 Å². The predicted molar refractivity (Wildman–Crippen MR) is 72.8 cm³/mol. The first-order chi connectivity index (χ1) is 9.07. The van der Waals surface area contributed by atoms with Gasteiger partial charge in [0.05, 0.1) is 19.1 Å². The highest BCUT2D eigenvalue weighted by molar-refractivity contribution is 5.71. The highest BCUT2D eigenvalue weighted by Gasteiger charge is 2.41. The van der Waals surface area contributed by atoms with Crippen molar-refractivity contribution in [1.29, 1.82) is 0 Å². The topological polar surface area (TPSA) is 98.0 Å². The fourth-order valence-electron chi connectivity index (χ4n) is 2.50. The Labute approximate surface area is 115 Å². The molecule has 1 atom stereocenters. The molecule has 19 heavy (non-hydrogen) atoms. The zero-order valence-electron chi connectivity index (χ0n) is 11.8. The van der Waals surface area contributed by atoms with Crippen molar-refractivity contribution in [2.45, 2.75) is 51.9 Å². The van der Waals surface area contributed by atoms with Crippen LogP contribution in [0.2, 0.25) is 0 Å². The zero-order valence-corrected chi connectivity index (χ0v) is 11.8. The summed E-state index contributed by atoms with van der Waals surface area (Å²) in [5.41, 5.74) is -1.03. The molecule has 1 unspecified atom stereocenters. The lowest BCUT2D eigenvalue weighted by Gasteiger charge is -2.35. The molecule has 0 heterocycles. The number of hydrogen-bond donors (Lipinski definition) is 4. The van der Waals surface area contributed by atoms with E-state index in [4.69, 9.17) is 5.11 Å². The molecule has 4 N–H and O–H groups in total. The predicted octanol–water partition coefficient (Wildman–Crippen LogP) is 1.40. The van der Waals surface area contributed by atoms with Gasteiger partial charge in [-0.05, 0) is 19.3 Å². The van der Waals surface area contributed by atoms with Crippen molar-refractivity contribution < 1.29 is 25.2 Å². The lowest BCUT2D eigenvalue weighted by Crippen LogP contribution is -2.42. The summed E-state index contributed by atoms with van der Waals surface area (Å²) in [6, 6.07) is 0. The lowest BCUT2D eigenvalue weighted by molar-refractivity contribution is -0.151. The molecule has 114 valence electrons. The molecule has 0 aliphatic heterocycles. The van der Waals surface area contributed by atoms with Crippen molar-refractivity contribution in [3.63, 3.8) is 0 Å². The molecule has 0 aromatic carbocycles. The van der Waals surface area contributed by atoms with Crippen LogP contribution in [0.4, 0.5) is 0 Å². The van der Waals surface area contributed by atoms with Crippen LogP contribution in [0, 0.1) is 11.3 Å². The molecule has 0 radical (unpaired) electrons. The largest absolute Gasteiger partial charge is 0.481 e. The summed E-state index contributed by atoms with van der Waals surface area (Å²) < 4.78 is 0. The summed E-state index contributed by atoms with van der Waals surface area (Å²) in [5, 5.41) is 37.3. The minimum Gasteiger partial charge on any atom is -0.481 e. The highest BCUT2D eigenvalue weighted by Crippen LogP contribution is 2.36. The number of unbranched alkanes of at least 4 members (excludes halogenated alkanes) is 3. The van der Waals surface area contributed by atoms with E-state index in [2.05, 4.69) is 6.92 Å². The van der Waals surface area contributed by atoms with Crippen LogP contribution in [-0.2, 0) is 4.79 Å². The Kier molecular flexibility index (Phi) is 9.83. The first-order valence-corrected chi connectivity index (χ1v) is 7.13. The fourth-order valence-corrected chi connectivity index (χ4v) is 2.50. The third-order valence-electron chi connectivity index (χ3n) is 3.85. The molecule has 5 heteroatoms. The first-order valence-electron chi connectivity index (χ1n) is 7.13. The van der Waals surface area contributed by atoms with E-state index in [1.165, 1.54) is 0 Å². The molecular weight excluding hydrogens is 248 g/mol. The van der Waals surface area contributed by atoms with E-state index < -0.39 is 17.3 Å². The number of aliphatic hydroxyl groups is 3. The molecule has 0 amide bonds. The minimum absolute atomic E-state index is 0.0656. The van der Waals surface area contributed by atoms with Crippen LogP contribution >= 0.6 is 0 Å². The molecular formula is C14H28O5. The van der Waals surface area contributed by atoms with E-state index >= 15 is 0 Å². The number of carbonyl (C=O) groups is 1. The maximum Gasteiger partial charge on any atom is 0.307 e. The summed E-state index contributed by atoms with van der Waals surface area (Å²) in [4.78, 5) is 11.4. The summed E-state index contributed by atoms with van der Waals surface area (Å²) in [6.07, 6.45) is 5.06. The lowest BCUT2D eigenvalue weighted by atomic mass is 9.71. The first kappa shape index (κ1) is 18.4. The van der Waals surface area contributed by atoms with Crippen LogP contribution in [0.25, 0.3) is 0 Å². The van der Waals surface area contributed by atoms with Crippen molar-refractivity contribution in [2.24, 2.45) is 11.3 Å². The zero-order chi connectivity index (χ0) is 14.7. The molecule has 0 rings (SSSR count). The van der Waals surface area contributed by atoms with E-state index in [-0.39, 0.29) is 19.8 Å². The number of carboxylic acids is 1. The monoisotopic (exact) mass is 276 g/mol. The van der Waals surface area contributed by atoms with Gasteiger partial charge in [0.1, 0.15) is 0 Å². The summed E-state index contributed by atoms with van der Waals surface area (Å²) in [6.45, 7) is 1.29. The number of aliphatic carboxylic acids is 1. The molecule has 0 saturated carbocycles. The van der Waals surface area contributed by atoms with Crippen molar-refractivity contribution >= 4 is 5.97 Å². The van der Waals surface area contributed by atoms with Gasteiger partial charge in [-0.1, -0.05) is 32.6 Å². The molecule has 0 aromatic rings. The molecule has 0 spiro atoms. The summed E-state index contributed by atoms with van der Waals surface area (Å²) in [5.74, 6) is -1.73. The van der Waals surface area contributed by atoms with Gasteiger partial charge >= 0.3 is 5.97 Å². The van der Waals surface area contributed by atoms with Crippen LogP contribution in [0.15, 0.2) is 0 Å². The third-order valence-corrected chi connectivity index (χ3v) is 3.85. The Morgan fingerprint density at radius 3 is 2.11 bits per heavy atom. The number of carboxylic acid groups (broad SMARTS) is 1. The maximum absolute atomic E-state index is 11.4. The average Bonchev–Trinajstić information content (AvgIpc) is 2.41. The quantitative estimate of drug-likeness (QED) is 0.404. The minimum atomic E-state index is -1.03. The van der Waals surface area contributed by atoms with Crippen LogP contribution in [0.1, 0.15) is 51.9 Å². The van der Waals surface area contributed by atoms with Gasteiger partial charge in [-0.25, -0.2) is 0 Å². The SMILES string of the molecule is CCCCCCC(C(=O)O)C(CO)(CO)CCCO. The van der Waals surface area contributed by atoms with Gasteiger partial charge in [-0.15, -0.1) is 0 Å². The molecule has 5 nitrogen and oxygen atoms in total. The molecule has 0 fully saturated rings. The summed E-state index contributed by atoms with van der Waals surface area (Å²) >= 11 is 0. The second kappa shape index (κ2) is 10.2. The molecule has 0 saturated heterocycles. The Balaban J connectivity index is 4.70. The Bertz CT molecular complexity index is 238. The van der Waals surface area contributed by atoms with Crippen molar-refractivity contribution in [1.82, 2.24) is 0 Å². The van der Waals surface area contributed by atoms with E-state index in [0.29, 0.717) is 19.3 Å². The van der Waals surface area contributed by atoms with Crippen molar-refractivity contribution in [3.05, 3.63) is 0 Å². The molecule has 0 bridgehead atoms. The number of rotatable bonds is 12. The van der Waals surface area contributed by atoms with E-state index in [1.807, 2.05) is 0 Å². The van der Waals surface area contributed by atoms with Crippen LogP contribution in [-0.4, -0.2) is 46.2 Å². The smallest absolute Gasteiger partial charge is 0.307 e.